The van der Waals surface area contributed by atoms with E-state index in [9.17, 15) is 0 Å². The van der Waals surface area contributed by atoms with Crippen LogP contribution >= 0.6 is 11.8 Å². The Kier molecular flexibility index (Phi) is 2.78. The Morgan fingerprint density at radius 3 is 3.00 bits per heavy atom. The van der Waals surface area contributed by atoms with Gasteiger partial charge in [0, 0.05) is 17.4 Å². The smallest absolute Gasteiger partial charge is 0.218 e. The topological polar surface area (TPSA) is 56.0 Å². The molecule has 1 aliphatic rings. The van der Waals surface area contributed by atoms with Gasteiger partial charge in [-0.15, -0.1) is 10.2 Å². The van der Waals surface area contributed by atoms with Crippen LogP contribution in [0.15, 0.2) is 39.5 Å². The average Bonchev–Trinajstić information content (AvgIpc) is 2.79. The molecular formula is C15H13N5S. The standard InChI is InChI=1S/C15H13N5S/c1-3-12-18-19-15-20(12)16-8-11-7-10-6-4-5-9(2)13(10)17-14(11)21-15/h4-8H,3H2,1-2H3. The van der Waals surface area contributed by atoms with E-state index in [2.05, 4.69) is 46.5 Å². The van der Waals surface area contributed by atoms with Crippen molar-refractivity contribution in [3.05, 3.63) is 41.2 Å². The maximum Gasteiger partial charge on any atom is 0.218 e. The molecule has 3 heterocycles. The number of nitrogens with zero attached hydrogens (tertiary/aromatic N) is 5. The summed E-state index contributed by atoms with van der Waals surface area (Å²) >= 11 is 1.52. The predicted molar refractivity (Wildman–Crippen MR) is 83.0 cm³/mol. The minimum absolute atomic E-state index is 0.766. The lowest BCUT2D eigenvalue weighted by atomic mass is 10.1. The van der Waals surface area contributed by atoms with Crippen molar-refractivity contribution >= 4 is 28.9 Å². The Morgan fingerprint density at radius 2 is 2.14 bits per heavy atom. The van der Waals surface area contributed by atoms with Crippen LogP contribution in [0.4, 0.5) is 0 Å². The average molecular weight is 295 g/mol. The summed E-state index contributed by atoms with van der Waals surface area (Å²) < 4.78 is 1.80. The number of benzene rings is 1. The highest BCUT2D eigenvalue weighted by atomic mass is 32.2. The van der Waals surface area contributed by atoms with Gasteiger partial charge >= 0.3 is 0 Å². The molecule has 3 aromatic rings. The van der Waals surface area contributed by atoms with E-state index < -0.39 is 0 Å². The van der Waals surface area contributed by atoms with Crippen LogP contribution in [0.3, 0.4) is 0 Å². The molecule has 0 fully saturated rings. The summed E-state index contributed by atoms with van der Waals surface area (Å²) in [5, 5.41) is 15.7. The van der Waals surface area contributed by atoms with Crippen molar-refractivity contribution in [1.29, 1.82) is 0 Å². The molecule has 0 saturated carbocycles. The minimum atomic E-state index is 0.766. The number of para-hydroxylation sites is 1. The van der Waals surface area contributed by atoms with Gasteiger partial charge in [0.25, 0.3) is 0 Å². The summed E-state index contributed by atoms with van der Waals surface area (Å²) in [5.41, 5.74) is 3.22. The van der Waals surface area contributed by atoms with E-state index in [1.54, 1.807) is 4.68 Å². The van der Waals surface area contributed by atoms with Crippen molar-refractivity contribution in [2.75, 3.05) is 0 Å². The van der Waals surface area contributed by atoms with Gasteiger partial charge < -0.3 is 0 Å². The number of fused-ring (bicyclic) bond motifs is 3. The molecule has 21 heavy (non-hydrogen) atoms. The van der Waals surface area contributed by atoms with Crippen molar-refractivity contribution in [2.24, 2.45) is 5.10 Å². The van der Waals surface area contributed by atoms with E-state index in [0.29, 0.717) is 0 Å². The van der Waals surface area contributed by atoms with Crippen molar-refractivity contribution in [3.63, 3.8) is 0 Å². The number of aryl methyl sites for hydroxylation is 2. The summed E-state index contributed by atoms with van der Waals surface area (Å²) in [4.78, 5) is 4.80. The van der Waals surface area contributed by atoms with E-state index in [-0.39, 0.29) is 0 Å². The summed E-state index contributed by atoms with van der Waals surface area (Å²) in [5.74, 6) is 0.863. The zero-order valence-electron chi connectivity index (χ0n) is 11.7. The first kappa shape index (κ1) is 12.5. The van der Waals surface area contributed by atoms with Crippen molar-refractivity contribution in [1.82, 2.24) is 19.9 Å². The molecular weight excluding hydrogens is 282 g/mol. The Bertz CT molecular complexity index is 881. The second-order valence-electron chi connectivity index (χ2n) is 4.94. The van der Waals surface area contributed by atoms with Gasteiger partial charge in [0.05, 0.1) is 11.7 Å². The van der Waals surface area contributed by atoms with Gasteiger partial charge in [0.1, 0.15) is 5.03 Å². The van der Waals surface area contributed by atoms with Crippen LogP contribution in [-0.2, 0) is 6.42 Å². The predicted octanol–water partition coefficient (Wildman–Crippen LogP) is 3.04. The number of hydrogen-bond acceptors (Lipinski definition) is 5. The molecule has 104 valence electrons. The SMILES string of the molecule is CCc1nnc2n1N=Cc1cc3cccc(C)c3nc1S2. The Labute approximate surface area is 126 Å². The molecule has 0 radical (unpaired) electrons. The molecule has 0 aliphatic carbocycles. The lowest BCUT2D eigenvalue weighted by Gasteiger charge is -2.06. The summed E-state index contributed by atoms with van der Waals surface area (Å²) in [7, 11) is 0. The van der Waals surface area contributed by atoms with Gasteiger partial charge in [0.15, 0.2) is 5.82 Å². The van der Waals surface area contributed by atoms with Crippen LogP contribution in [0.2, 0.25) is 0 Å². The molecule has 1 aromatic carbocycles. The van der Waals surface area contributed by atoms with E-state index in [4.69, 9.17) is 4.98 Å². The van der Waals surface area contributed by atoms with Gasteiger partial charge in [-0.25, -0.2) is 4.98 Å². The van der Waals surface area contributed by atoms with Crippen LogP contribution in [-0.4, -0.2) is 26.1 Å². The molecule has 0 N–H and O–H groups in total. The molecule has 0 bridgehead atoms. The van der Waals surface area contributed by atoms with Crippen LogP contribution < -0.4 is 0 Å². The largest absolute Gasteiger partial charge is 0.240 e. The summed E-state index contributed by atoms with van der Waals surface area (Å²) in [6.45, 7) is 4.13. The second kappa shape index (κ2) is 4.66. The van der Waals surface area contributed by atoms with Crippen LogP contribution in [0.1, 0.15) is 23.9 Å². The van der Waals surface area contributed by atoms with Gasteiger partial charge in [-0.1, -0.05) is 25.1 Å². The first-order chi connectivity index (χ1) is 10.3. The fourth-order valence-corrected chi connectivity index (χ4v) is 3.28. The molecule has 0 saturated heterocycles. The maximum atomic E-state index is 4.80. The van der Waals surface area contributed by atoms with Crippen molar-refractivity contribution in [2.45, 2.75) is 30.5 Å². The molecule has 6 heteroatoms. The summed E-state index contributed by atoms with van der Waals surface area (Å²) in [6.07, 6.45) is 2.64. The fourth-order valence-electron chi connectivity index (χ4n) is 2.42. The van der Waals surface area contributed by atoms with Crippen LogP contribution in [0.25, 0.3) is 10.9 Å². The third-order valence-corrected chi connectivity index (χ3v) is 4.49. The zero-order valence-corrected chi connectivity index (χ0v) is 12.6. The second-order valence-corrected chi connectivity index (χ2v) is 5.90. The molecule has 0 unspecified atom stereocenters. The van der Waals surface area contributed by atoms with E-state index in [0.717, 1.165) is 38.9 Å². The van der Waals surface area contributed by atoms with E-state index >= 15 is 0 Å². The lowest BCUT2D eigenvalue weighted by molar-refractivity contribution is 0.724. The van der Waals surface area contributed by atoms with E-state index in [1.165, 1.54) is 17.3 Å². The van der Waals surface area contributed by atoms with Crippen LogP contribution in [0, 0.1) is 6.92 Å². The van der Waals surface area contributed by atoms with Crippen molar-refractivity contribution in [3.8, 4) is 0 Å². The number of hydrogen-bond donors (Lipinski definition) is 0. The van der Waals surface area contributed by atoms with Gasteiger partial charge in [-0.3, -0.25) is 0 Å². The Hall–Kier alpha value is -2.21. The van der Waals surface area contributed by atoms with Gasteiger partial charge in [0.2, 0.25) is 5.16 Å². The molecule has 2 aromatic heterocycles. The molecule has 5 nitrogen and oxygen atoms in total. The van der Waals surface area contributed by atoms with Crippen molar-refractivity contribution < 1.29 is 0 Å². The third kappa shape index (κ3) is 1.94. The highest BCUT2D eigenvalue weighted by molar-refractivity contribution is 7.99. The monoisotopic (exact) mass is 295 g/mol. The number of pyridine rings is 1. The Morgan fingerprint density at radius 1 is 1.24 bits per heavy atom. The molecule has 1 aliphatic heterocycles. The highest BCUT2D eigenvalue weighted by Crippen LogP contribution is 2.32. The molecule has 0 atom stereocenters. The normalized spacial score (nSPS) is 13.0. The number of rotatable bonds is 1. The minimum Gasteiger partial charge on any atom is -0.240 e. The Balaban J connectivity index is 1.94. The lowest BCUT2D eigenvalue weighted by Crippen LogP contribution is -1.96. The summed E-state index contributed by atoms with van der Waals surface area (Å²) in [6, 6.07) is 8.34. The molecule has 0 amide bonds. The van der Waals surface area contributed by atoms with E-state index in [1.807, 2.05) is 13.1 Å². The number of aromatic nitrogens is 4. The molecule has 4 rings (SSSR count). The van der Waals surface area contributed by atoms with Crippen LogP contribution in [0.5, 0.6) is 0 Å². The fraction of sp³-hybridized carbons (Fsp3) is 0.200. The maximum absolute atomic E-state index is 4.80. The van der Waals surface area contributed by atoms with Gasteiger partial charge in [-0.2, -0.15) is 9.78 Å². The zero-order chi connectivity index (χ0) is 14.4. The highest BCUT2D eigenvalue weighted by Gasteiger charge is 2.18. The quantitative estimate of drug-likeness (QED) is 0.541. The third-order valence-electron chi connectivity index (χ3n) is 3.53. The van der Waals surface area contributed by atoms with Gasteiger partial charge in [-0.05, 0) is 30.3 Å². The first-order valence-electron chi connectivity index (χ1n) is 6.83. The molecule has 0 spiro atoms. The first-order valence-corrected chi connectivity index (χ1v) is 7.65.